The van der Waals surface area contributed by atoms with Gasteiger partial charge in [0.15, 0.2) is 0 Å². The van der Waals surface area contributed by atoms with Crippen LogP contribution in [0.15, 0.2) is 35.5 Å². The van der Waals surface area contributed by atoms with Crippen molar-refractivity contribution >= 4 is 35.5 Å². The average molecular weight is 414 g/mol. The Morgan fingerprint density at radius 1 is 1.29 bits per heavy atom. The van der Waals surface area contributed by atoms with E-state index in [1.807, 2.05) is 0 Å². The Labute approximate surface area is 186 Å². The van der Waals surface area contributed by atoms with Gasteiger partial charge in [0.25, 0.3) is 11.8 Å². The van der Waals surface area contributed by atoms with E-state index in [0.29, 0.717) is 5.56 Å². The minimum absolute atomic E-state index is 0. The SMILES string of the molecule is O=C(O)Cc1ccccc1C(=O)N[C@H]1C(=O)N2C(C(=O)[O-])=C(CO)CS[C@@H]12.[Na+]. The first kappa shape index (κ1) is 22.4. The summed E-state index contributed by atoms with van der Waals surface area (Å²) in [6.07, 6.45) is -0.343. The van der Waals surface area contributed by atoms with Crippen molar-refractivity contribution in [1.29, 1.82) is 0 Å². The molecule has 0 aliphatic carbocycles. The molecule has 0 spiro atoms. The quantitative estimate of drug-likeness (QED) is 0.311. The predicted octanol–water partition coefficient (Wildman–Crippen LogP) is -4.67. The molecule has 2 heterocycles. The van der Waals surface area contributed by atoms with Crippen molar-refractivity contribution in [2.75, 3.05) is 12.4 Å². The minimum atomic E-state index is -1.56. The molecule has 0 aromatic heterocycles. The Hall–Kier alpha value is -1.85. The van der Waals surface area contributed by atoms with Crippen LogP contribution in [0.25, 0.3) is 0 Å². The summed E-state index contributed by atoms with van der Waals surface area (Å²) in [4.78, 5) is 48.2. The first-order valence-corrected chi connectivity index (χ1v) is 8.99. The minimum Gasteiger partial charge on any atom is -0.543 e. The summed E-state index contributed by atoms with van der Waals surface area (Å²) in [5.41, 5.74) is 0.267. The van der Waals surface area contributed by atoms with E-state index in [1.54, 1.807) is 12.1 Å². The van der Waals surface area contributed by atoms with E-state index in [4.69, 9.17) is 5.11 Å². The number of aliphatic carboxylic acids is 2. The van der Waals surface area contributed by atoms with Crippen molar-refractivity contribution in [3.8, 4) is 0 Å². The molecule has 2 aliphatic heterocycles. The Kier molecular flexibility index (Phi) is 7.29. The third-order valence-corrected chi connectivity index (χ3v) is 5.66. The van der Waals surface area contributed by atoms with Crippen molar-refractivity contribution in [1.82, 2.24) is 10.2 Å². The Morgan fingerprint density at radius 2 is 1.96 bits per heavy atom. The van der Waals surface area contributed by atoms with Gasteiger partial charge in [-0.25, -0.2) is 0 Å². The van der Waals surface area contributed by atoms with Crippen LogP contribution in [0.5, 0.6) is 0 Å². The molecule has 3 N–H and O–H groups in total. The number of benzene rings is 1. The number of thioether (sulfide) groups is 1. The number of fused-ring (bicyclic) bond motifs is 1. The number of rotatable bonds is 6. The largest absolute Gasteiger partial charge is 1.00 e. The second-order valence-electron chi connectivity index (χ2n) is 5.99. The van der Waals surface area contributed by atoms with Gasteiger partial charge in [-0.15, -0.1) is 11.8 Å². The first-order valence-electron chi connectivity index (χ1n) is 7.94. The zero-order valence-corrected chi connectivity index (χ0v) is 17.7. The molecule has 1 saturated heterocycles. The smallest absolute Gasteiger partial charge is 0.543 e. The van der Waals surface area contributed by atoms with Crippen LogP contribution in [0.1, 0.15) is 15.9 Å². The molecule has 28 heavy (non-hydrogen) atoms. The van der Waals surface area contributed by atoms with Crippen LogP contribution in [0.4, 0.5) is 0 Å². The number of carbonyl (C=O) groups is 4. The van der Waals surface area contributed by atoms with E-state index in [9.17, 15) is 29.4 Å². The Bertz CT molecular complexity index is 873. The Morgan fingerprint density at radius 3 is 2.57 bits per heavy atom. The average Bonchev–Trinajstić information content (AvgIpc) is 2.64. The van der Waals surface area contributed by atoms with Gasteiger partial charge in [-0.3, -0.25) is 19.3 Å². The molecule has 2 aliphatic rings. The monoisotopic (exact) mass is 414 g/mol. The summed E-state index contributed by atoms with van der Waals surface area (Å²) in [6, 6.07) is 5.20. The third-order valence-electron chi connectivity index (χ3n) is 4.32. The molecule has 2 amide bonds. The van der Waals surface area contributed by atoms with Crippen molar-refractivity contribution in [2.24, 2.45) is 0 Å². The number of carbonyl (C=O) groups excluding carboxylic acids is 3. The molecule has 9 nitrogen and oxygen atoms in total. The van der Waals surface area contributed by atoms with Crippen molar-refractivity contribution in [2.45, 2.75) is 17.8 Å². The molecule has 0 radical (unpaired) electrons. The summed E-state index contributed by atoms with van der Waals surface area (Å²) in [6.45, 7) is -0.508. The number of aliphatic hydroxyl groups is 1. The van der Waals surface area contributed by atoms with Crippen molar-refractivity contribution < 1.29 is 64.1 Å². The van der Waals surface area contributed by atoms with E-state index < -0.39 is 41.8 Å². The van der Waals surface area contributed by atoms with Crippen LogP contribution in [-0.4, -0.2) is 62.6 Å². The predicted molar refractivity (Wildman–Crippen MR) is 91.2 cm³/mol. The van der Waals surface area contributed by atoms with E-state index in [-0.39, 0.29) is 58.6 Å². The maximum atomic E-state index is 12.5. The number of β-lactam (4-membered cyclic amide) rings is 1. The summed E-state index contributed by atoms with van der Waals surface area (Å²) in [5.74, 6) is -3.70. The van der Waals surface area contributed by atoms with Crippen molar-refractivity contribution in [3.63, 3.8) is 0 Å². The summed E-state index contributed by atoms with van der Waals surface area (Å²) in [7, 11) is 0. The second kappa shape index (κ2) is 9.10. The fraction of sp³-hybridized carbons (Fsp3) is 0.294. The molecule has 1 fully saturated rings. The summed E-state index contributed by atoms with van der Waals surface area (Å²) in [5, 5.41) is 31.5. The molecule has 0 bridgehead atoms. The number of carboxylic acids is 2. The maximum Gasteiger partial charge on any atom is 1.00 e. The van der Waals surface area contributed by atoms with E-state index >= 15 is 0 Å². The fourth-order valence-corrected chi connectivity index (χ4v) is 4.41. The van der Waals surface area contributed by atoms with Gasteiger partial charge in [0.2, 0.25) is 0 Å². The van der Waals surface area contributed by atoms with Crippen LogP contribution in [0.3, 0.4) is 0 Å². The molecule has 0 saturated carbocycles. The number of nitrogens with one attached hydrogen (secondary N) is 1. The zero-order valence-electron chi connectivity index (χ0n) is 14.9. The van der Waals surface area contributed by atoms with Gasteiger partial charge in [-0.1, -0.05) is 18.2 Å². The Balaban J connectivity index is 0.00000280. The van der Waals surface area contributed by atoms with E-state index in [2.05, 4.69) is 5.32 Å². The van der Waals surface area contributed by atoms with Crippen LogP contribution < -0.4 is 40.0 Å². The summed E-state index contributed by atoms with van der Waals surface area (Å²) < 4.78 is 0. The summed E-state index contributed by atoms with van der Waals surface area (Å²) >= 11 is 1.22. The number of nitrogens with zero attached hydrogens (tertiary/aromatic N) is 1. The number of hydrogen-bond acceptors (Lipinski definition) is 7. The van der Waals surface area contributed by atoms with Gasteiger partial charge < -0.3 is 25.4 Å². The molecule has 11 heteroatoms. The van der Waals surface area contributed by atoms with E-state index in [1.165, 1.54) is 23.9 Å². The standard InChI is InChI=1S/C17H16N2O7S.Na/c20-6-9-7-27-16-12(15(24)19(16)13(9)17(25)26)18-14(23)10-4-2-1-3-8(10)5-11(21)22;/h1-4,12,16,20H,5-7H2,(H,18,23)(H,21,22)(H,25,26);/q;+1/p-1/t12-,16-;/m0./s1. The first-order chi connectivity index (χ1) is 12.8. The van der Waals surface area contributed by atoms with Crippen molar-refractivity contribution in [3.05, 3.63) is 46.7 Å². The van der Waals surface area contributed by atoms with Crippen LogP contribution >= 0.6 is 11.8 Å². The normalized spacial score (nSPS) is 20.6. The number of aliphatic hydroxyl groups excluding tert-OH is 1. The third kappa shape index (κ3) is 4.11. The van der Waals surface area contributed by atoms with Gasteiger partial charge >= 0.3 is 35.5 Å². The van der Waals surface area contributed by atoms with Crippen LogP contribution in [-0.2, 0) is 20.8 Å². The number of carboxylic acid groups (broad SMARTS) is 2. The molecule has 0 unspecified atom stereocenters. The van der Waals surface area contributed by atoms with Crippen LogP contribution in [0, 0.1) is 0 Å². The topological polar surface area (TPSA) is 147 Å². The van der Waals surface area contributed by atoms with Gasteiger partial charge in [0, 0.05) is 11.3 Å². The molecular weight excluding hydrogens is 399 g/mol. The van der Waals surface area contributed by atoms with Gasteiger partial charge in [0.1, 0.15) is 11.4 Å². The van der Waals surface area contributed by atoms with E-state index in [0.717, 1.165) is 4.90 Å². The fourth-order valence-electron chi connectivity index (χ4n) is 3.07. The zero-order chi connectivity index (χ0) is 19.7. The van der Waals surface area contributed by atoms with Gasteiger partial charge in [0.05, 0.1) is 24.7 Å². The number of hydrogen-bond donors (Lipinski definition) is 3. The second-order valence-corrected chi connectivity index (χ2v) is 7.09. The van der Waals surface area contributed by atoms with Gasteiger partial charge in [-0.2, -0.15) is 0 Å². The molecular formula is C17H15N2NaO7S. The molecule has 3 rings (SSSR count). The van der Waals surface area contributed by atoms with Gasteiger partial charge in [-0.05, 0) is 17.2 Å². The molecule has 1 aromatic carbocycles. The molecule has 1 aromatic rings. The maximum absolute atomic E-state index is 12.5. The number of amides is 2. The molecule has 2 atom stereocenters. The van der Waals surface area contributed by atoms with Crippen LogP contribution in [0.2, 0.25) is 0 Å². The molecule has 142 valence electrons.